The van der Waals surface area contributed by atoms with Crippen LogP contribution in [0.15, 0.2) is 45.6 Å². The van der Waals surface area contributed by atoms with Gasteiger partial charge in [-0.25, -0.2) is 24.3 Å². The lowest BCUT2D eigenvalue weighted by atomic mass is 10.4. The van der Waals surface area contributed by atoms with E-state index >= 15 is 0 Å². The Labute approximate surface area is 121 Å². The molecule has 4 heterocycles. The summed E-state index contributed by atoms with van der Waals surface area (Å²) in [4.78, 5) is 25.3. The van der Waals surface area contributed by atoms with Gasteiger partial charge in [-0.2, -0.15) is 0 Å². The molecule has 0 radical (unpaired) electrons. The second kappa shape index (κ2) is 4.63. The highest BCUT2D eigenvalue weighted by atomic mass is 32.1. The quantitative estimate of drug-likeness (QED) is 0.561. The lowest BCUT2D eigenvalue weighted by Crippen LogP contribution is -2.17. The van der Waals surface area contributed by atoms with Gasteiger partial charge in [0.25, 0.3) is 0 Å². The zero-order valence-electron chi connectivity index (χ0n) is 10.6. The Balaban J connectivity index is 1.77. The van der Waals surface area contributed by atoms with Crippen LogP contribution in [0.4, 0.5) is 0 Å². The molecule has 0 N–H and O–H groups in total. The molecule has 0 saturated heterocycles. The number of hydrogen-bond acceptors (Lipinski definition) is 7. The zero-order chi connectivity index (χ0) is 14.2. The number of nitrogens with zero attached hydrogens (tertiary/aromatic N) is 6. The van der Waals surface area contributed by atoms with E-state index in [-0.39, 0.29) is 12.4 Å². The molecule has 0 amide bonds. The van der Waals surface area contributed by atoms with Crippen molar-refractivity contribution < 1.29 is 4.52 Å². The summed E-state index contributed by atoms with van der Waals surface area (Å²) in [5.41, 5.74) is 0.740. The average Bonchev–Trinajstić information content (AvgIpc) is 3.16. The van der Waals surface area contributed by atoms with Crippen molar-refractivity contribution in [2.24, 2.45) is 0 Å². The topological polar surface area (TPSA) is 91.1 Å². The molecule has 0 saturated carbocycles. The normalized spacial score (nSPS) is 11.2. The van der Waals surface area contributed by atoms with E-state index in [4.69, 9.17) is 4.52 Å². The fourth-order valence-corrected chi connectivity index (χ4v) is 2.72. The molecule has 0 atom stereocenters. The minimum Gasteiger partial charge on any atom is -0.297 e. The molecule has 4 aromatic heterocycles. The molecule has 4 rings (SSSR count). The molecule has 4 aromatic rings. The summed E-state index contributed by atoms with van der Waals surface area (Å²) < 4.78 is 7.99. The largest absolute Gasteiger partial charge is 0.442 e. The summed E-state index contributed by atoms with van der Waals surface area (Å²) >= 11 is 1.53. The Morgan fingerprint density at radius 3 is 2.95 bits per heavy atom. The van der Waals surface area contributed by atoms with Crippen LogP contribution in [0, 0.1) is 0 Å². The second-order valence-corrected chi connectivity index (χ2v) is 5.13. The van der Waals surface area contributed by atoms with Crippen molar-refractivity contribution in [3.8, 4) is 11.6 Å². The van der Waals surface area contributed by atoms with Crippen LogP contribution in [-0.2, 0) is 6.54 Å². The van der Waals surface area contributed by atoms with Gasteiger partial charge in [-0.3, -0.25) is 8.92 Å². The predicted octanol–water partition coefficient (Wildman–Crippen LogP) is 1.05. The Kier molecular flexibility index (Phi) is 2.64. The molecular weight excluding hydrogens is 292 g/mol. The number of fused-ring (bicyclic) bond motifs is 1. The molecule has 0 aliphatic rings. The van der Waals surface area contributed by atoms with Gasteiger partial charge in [0.2, 0.25) is 5.82 Å². The third kappa shape index (κ3) is 2.03. The van der Waals surface area contributed by atoms with Crippen molar-refractivity contribution in [1.29, 1.82) is 0 Å². The molecule has 104 valence electrons. The molecular formula is C12H8N6O2S. The summed E-state index contributed by atoms with van der Waals surface area (Å²) in [7, 11) is 0. The van der Waals surface area contributed by atoms with Crippen LogP contribution in [-0.4, -0.2) is 29.1 Å². The molecule has 0 fully saturated rings. The maximum atomic E-state index is 11.8. The Bertz CT molecular complexity index is 922. The fraction of sp³-hybridized carbons (Fsp3) is 0.0833. The van der Waals surface area contributed by atoms with E-state index in [0.717, 1.165) is 10.7 Å². The summed E-state index contributed by atoms with van der Waals surface area (Å²) in [6.07, 6.45) is 6.94. The van der Waals surface area contributed by atoms with E-state index in [9.17, 15) is 4.79 Å². The first-order chi connectivity index (χ1) is 10.3. The lowest BCUT2D eigenvalue weighted by Gasteiger charge is -2.00. The third-order valence-electron chi connectivity index (χ3n) is 2.92. The minimum absolute atomic E-state index is 0.254. The molecule has 0 unspecified atom stereocenters. The monoisotopic (exact) mass is 300 g/mol. The summed E-state index contributed by atoms with van der Waals surface area (Å²) in [6, 6.07) is 1.69. The van der Waals surface area contributed by atoms with E-state index in [1.165, 1.54) is 15.9 Å². The number of imidazole rings is 1. The number of aromatic nitrogens is 6. The highest BCUT2D eigenvalue weighted by molar-refractivity contribution is 7.15. The number of hydrogen-bond donors (Lipinski definition) is 0. The standard InChI is InChI=1S/C12H8N6O2S/c19-12-18(7-8-6-17-4-5-21-11(17)15-8)10(16-20-12)9-13-2-1-3-14-9/h1-6H,7H2. The van der Waals surface area contributed by atoms with E-state index in [0.29, 0.717) is 5.82 Å². The first-order valence-electron chi connectivity index (χ1n) is 6.06. The molecule has 0 aromatic carbocycles. The van der Waals surface area contributed by atoms with Crippen molar-refractivity contribution in [3.63, 3.8) is 0 Å². The molecule has 0 bridgehead atoms. The summed E-state index contributed by atoms with van der Waals surface area (Å²) in [6.45, 7) is 0.254. The van der Waals surface area contributed by atoms with Crippen molar-refractivity contribution in [1.82, 2.24) is 29.1 Å². The Morgan fingerprint density at radius 1 is 1.29 bits per heavy atom. The van der Waals surface area contributed by atoms with Gasteiger partial charge in [0, 0.05) is 30.2 Å². The van der Waals surface area contributed by atoms with Crippen LogP contribution >= 0.6 is 11.3 Å². The zero-order valence-corrected chi connectivity index (χ0v) is 11.4. The molecule has 0 spiro atoms. The van der Waals surface area contributed by atoms with Crippen LogP contribution in [0.1, 0.15) is 5.69 Å². The Morgan fingerprint density at radius 2 is 2.14 bits per heavy atom. The molecule has 21 heavy (non-hydrogen) atoms. The maximum Gasteiger partial charge on any atom is 0.442 e. The van der Waals surface area contributed by atoms with E-state index < -0.39 is 5.76 Å². The molecule has 0 aliphatic heterocycles. The third-order valence-corrected chi connectivity index (χ3v) is 3.69. The summed E-state index contributed by atoms with van der Waals surface area (Å²) in [5.74, 6) is 0.0649. The van der Waals surface area contributed by atoms with Crippen LogP contribution < -0.4 is 5.76 Å². The van der Waals surface area contributed by atoms with Crippen LogP contribution in [0.5, 0.6) is 0 Å². The SMILES string of the molecule is O=c1onc(-c2ncccn2)n1Cc1cn2ccsc2n1. The highest BCUT2D eigenvalue weighted by Gasteiger charge is 2.16. The van der Waals surface area contributed by atoms with Gasteiger partial charge < -0.3 is 0 Å². The van der Waals surface area contributed by atoms with Crippen LogP contribution in [0.2, 0.25) is 0 Å². The van der Waals surface area contributed by atoms with Gasteiger partial charge in [-0.15, -0.1) is 11.3 Å². The predicted molar refractivity (Wildman–Crippen MR) is 74.0 cm³/mol. The first-order valence-corrected chi connectivity index (χ1v) is 6.94. The van der Waals surface area contributed by atoms with Gasteiger partial charge in [-0.05, 0) is 6.07 Å². The van der Waals surface area contributed by atoms with Gasteiger partial charge in [0.15, 0.2) is 10.8 Å². The smallest absolute Gasteiger partial charge is 0.297 e. The van der Waals surface area contributed by atoms with Crippen molar-refractivity contribution >= 4 is 16.3 Å². The maximum absolute atomic E-state index is 11.8. The first kappa shape index (κ1) is 12.0. The number of rotatable bonds is 3. The van der Waals surface area contributed by atoms with Gasteiger partial charge in [0.1, 0.15) is 0 Å². The van der Waals surface area contributed by atoms with Crippen LogP contribution in [0.3, 0.4) is 0 Å². The molecule has 9 heteroatoms. The number of thiazole rings is 1. The van der Waals surface area contributed by atoms with Crippen LogP contribution in [0.25, 0.3) is 16.6 Å². The summed E-state index contributed by atoms with van der Waals surface area (Å²) in [5, 5.41) is 5.69. The van der Waals surface area contributed by atoms with Crippen molar-refractivity contribution in [2.75, 3.05) is 0 Å². The fourth-order valence-electron chi connectivity index (χ4n) is 2.00. The molecule has 8 nitrogen and oxygen atoms in total. The van der Waals surface area contributed by atoms with E-state index in [1.807, 2.05) is 22.2 Å². The lowest BCUT2D eigenvalue weighted by molar-refractivity contribution is 0.378. The van der Waals surface area contributed by atoms with Crippen molar-refractivity contribution in [2.45, 2.75) is 6.54 Å². The van der Waals surface area contributed by atoms with Gasteiger partial charge >= 0.3 is 5.76 Å². The molecule has 0 aliphatic carbocycles. The Hall–Kier alpha value is -2.81. The van der Waals surface area contributed by atoms with E-state index in [1.54, 1.807) is 18.5 Å². The van der Waals surface area contributed by atoms with E-state index in [2.05, 4.69) is 20.1 Å². The van der Waals surface area contributed by atoms with Crippen molar-refractivity contribution in [3.05, 3.63) is 52.5 Å². The van der Waals surface area contributed by atoms with Gasteiger partial charge in [-0.1, -0.05) is 5.16 Å². The second-order valence-electron chi connectivity index (χ2n) is 4.26. The van der Waals surface area contributed by atoms with Gasteiger partial charge in [0.05, 0.1) is 12.2 Å². The highest BCUT2D eigenvalue weighted by Crippen LogP contribution is 2.14. The minimum atomic E-state index is -0.561. The average molecular weight is 300 g/mol.